The SMILES string of the molecule is Cc1noc(C)c1CCN[C@H]1CCCN(C(=O)OC(C)(C)C)CC1. The third-order valence-corrected chi connectivity index (χ3v) is 4.37. The van der Waals surface area contributed by atoms with Crippen molar-refractivity contribution in [2.24, 2.45) is 0 Å². The fourth-order valence-corrected chi connectivity index (χ4v) is 3.07. The fraction of sp³-hybridized carbons (Fsp3) is 0.778. The summed E-state index contributed by atoms with van der Waals surface area (Å²) in [7, 11) is 0. The zero-order chi connectivity index (χ0) is 17.7. The molecule has 1 aromatic heterocycles. The molecule has 2 heterocycles. The van der Waals surface area contributed by atoms with E-state index in [0.717, 1.165) is 56.8 Å². The molecule has 1 saturated heterocycles. The van der Waals surface area contributed by atoms with Gasteiger partial charge in [0.2, 0.25) is 0 Å². The van der Waals surface area contributed by atoms with Crippen molar-refractivity contribution >= 4 is 6.09 Å². The molecule has 0 unspecified atom stereocenters. The molecule has 0 bridgehead atoms. The summed E-state index contributed by atoms with van der Waals surface area (Å²) in [4.78, 5) is 14.0. The predicted molar refractivity (Wildman–Crippen MR) is 93.1 cm³/mol. The van der Waals surface area contributed by atoms with Crippen LogP contribution in [0.1, 0.15) is 57.1 Å². The lowest BCUT2D eigenvalue weighted by molar-refractivity contribution is 0.0256. The quantitative estimate of drug-likeness (QED) is 0.914. The van der Waals surface area contributed by atoms with Gasteiger partial charge in [-0.1, -0.05) is 5.16 Å². The van der Waals surface area contributed by atoms with Crippen molar-refractivity contribution in [1.82, 2.24) is 15.4 Å². The van der Waals surface area contributed by atoms with E-state index in [2.05, 4.69) is 10.5 Å². The Morgan fingerprint density at radius 2 is 2.08 bits per heavy atom. The minimum atomic E-state index is -0.435. The number of likely N-dealkylation sites (tertiary alicyclic amines) is 1. The standard InChI is InChI=1S/C18H31N3O3/c1-13-16(14(2)24-20-13)8-10-19-15-7-6-11-21(12-9-15)17(22)23-18(3,4)5/h15,19H,6-12H2,1-5H3/t15-/m0/s1. The smallest absolute Gasteiger partial charge is 0.410 e. The molecule has 0 spiro atoms. The van der Waals surface area contributed by atoms with Crippen LogP contribution in [0.4, 0.5) is 4.79 Å². The Balaban J connectivity index is 1.76. The normalized spacial score (nSPS) is 19.2. The number of nitrogens with one attached hydrogen (secondary N) is 1. The molecule has 1 amide bonds. The Kier molecular flexibility index (Phi) is 6.27. The predicted octanol–water partition coefficient (Wildman–Crippen LogP) is 3.21. The molecule has 1 aromatic rings. The van der Waals surface area contributed by atoms with Crippen LogP contribution in [0.3, 0.4) is 0 Å². The lowest BCUT2D eigenvalue weighted by Gasteiger charge is -2.26. The van der Waals surface area contributed by atoms with Crippen LogP contribution in [-0.4, -0.2) is 47.4 Å². The van der Waals surface area contributed by atoms with Crippen LogP contribution in [0, 0.1) is 13.8 Å². The van der Waals surface area contributed by atoms with Crippen LogP contribution >= 0.6 is 0 Å². The van der Waals surface area contributed by atoms with E-state index in [0.29, 0.717) is 6.04 Å². The van der Waals surface area contributed by atoms with Gasteiger partial charge in [0.25, 0.3) is 0 Å². The second kappa shape index (κ2) is 8.01. The lowest BCUT2D eigenvalue weighted by Crippen LogP contribution is -2.38. The molecular weight excluding hydrogens is 306 g/mol. The zero-order valence-electron chi connectivity index (χ0n) is 15.6. The zero-order valence-corrected chi connectivity index (χ0v) is 15.6. The maximum absolute atomic E-state index is 12.2. The van der Waals surface area contributed by atoms with Gasteiger partial charge in [0.15, 0.2) is 0 Å². The van der Waals surface area contributed by atoms with E-state index in [1.807, 2.05) is 39.5 Å². The molecule has 0 aliphatic carbocycles. The Morgan fingerprint density at radius 1 is 1.33 bits per heavy atom. The number of aryl methyl sites for hydroxylation is 2. The van der Waals surface area contributed by atoms with Crippen LogP contribution < -0.4 is 5.32 Å². The second-order valence-corrected chi connectivity index (χ2v) is 7.60. The summed E-state index contributed by atoms with van der Waals surface area (Å²) in [6.07, 6.45) is 3.77. The van der Waals surface area contributed by atoms with Gasteiger partial charge >= 0.3 is 6.09 Å². The molecule has 1 N–H and O–H groups in total. The van der Waals surface area contributed by atoms with E-state index >= 15 is 0 Å². The maximum atomic E-state index is 12.2. The Hall–Kier alpha value is -1.56. The average molecular weight is 337 g/mol. The molecule has 2 rings (SSSR count). The highest BCUT2D eigenvalue weighted by molar-refractivity contribution is 5.68. The van der Waals surface area contributed by atoms with Crippen molar-refractivity contribution in [3.63, 3.8) is 0 Å². The molecule has 136 valence electrons. The highest BCUT2D eigenvalue weighted by atomic mass is 16.6. The first kappa shape index (κ1) is 18.8. The van der Waals surface area contributed by atoms with Crippen molar-refractivity contribution in [2.45, 2.75) is 71.9 Å². The number of nitrogens with zero attached hydrogens (tertiary/aromatic N) is 2. The molecule has 0 radical (unpaired) electrons. The van der Waals surface area contributed by atoms with Crippen molar-refractivity contribution in [1.29, 1.82) is 0 Å². The van der Waals surface area contributed by atoms with Crippen molar-refractivity contribution in [2.75, 3.05) is 19.6 Å². The van der Waals surface area contributed by atoms with E-state index in [1.54, 1.807) is 0 Å². The molecule has 0 aromatic carbocycles. The Morgan fingerprint density at radius 3 is 2.71 bits per heavy atom. The number of carbonyl (C=O) groups is 1. The lowest BCUT2D eigenvalue weighted by atomic mass is 10.1. The van der Waals surface area contributed by atoms with Gasteiger partial charge in [0.05, 0.1) is 5.69 Å². The molecule has 1 fully saturated rings. The van der Waals surface area contributed by atoms with Gasteiger partial charge in [-0.15, -0.1) is 0 Å². The number of hydrogen-bond donors (Lipinski definition) is 1. The topological polar surface area (TPSA) is 67.6 Å². The van der Waals surface area contributed by atoms with Crippen molar-refractivity contribution in [3.8, 4) is 0 Å². The van der Waals surface area contributed by atoms with Gasteiger partial charge in [-0.2, -0.15) is 0 Å². The maximum Gasteiger partial charge on any atom is 0.410 e. The highest BCUT2D eigenvalue weighted by Crippen LogP contribution is 2.16. The van der Waals surface area contributed by atoms with Gasteiger partial charge in [-0.05, 0) is 66.8 Å². The minimum absolute atomic E-state index is 0.195. The molecule has 6 heteroatoms. The van der Waals surface area contributed by atoms with Crippen LogP contribution in [-0.2, 0) is 11.2 Å². The van der Waals surface area contributed by atoms with Crippen LogP contribution in [0.15, 0.2) is 4.52 Å². The Bertz CT molecular complexity index is 529. The van der Waals surface area contributed by atoms with Crippen molar-refractivity contribution in [3.05, 3.63) is 17.0 Å². The summed E-state index contributed by atoms with van der Waals surface area (Å²) in [5, 5.41) is 7.61. The molecule has 6 nitrogen and oxygen atoms in total. The van der Waals surface area contributed by atoms with E-state index in [-0.39, 0.29) is 6.09 Å². The number of amides is 1. The van der Waals surface area contributed by atoms with Gasteiger partial charge in [-0.25, -0.2) is 4.79 Å². The van der Waals surface area contributed by atoms with E-state index in [9.17, 15) is 4.79 Å². The monoisotopic (exact) mass is 337 g/mol. The largest absolute Gasteiger partial charge is 0.444 e. The third kappa shape index (κ3) is 5.51. The van der Waals surface area contributed by atoms with E-state index in [4.69, 9.17) is 9.26 Å². The third-order valence-electron chi connectivity index (χ3n) is 4.37. The van der Waals surface area contributed by atoms with Crippen LogP contribution in [0.5, 0.6) is 0 Å². The molecule has 0 saturated carbocycles. The summed E-state index contributed by atoms with van der Waals surface area (Å²) in [5.74, 6) is 0.909. The van der Waals surface area contributed by atoms with Crippen LogP contribution in [0.25, 0.3) is 0 Å². The summed E-state index contributed by atoms with van der Waals surface area (Å²) < 4.78 is 10.7. The van der Waals surface area contributed by atoms with Crippen molar-refractivity contribution < 1.29 is 14.1 Å². The summed E-state index contributed by atoms with van der Waals surface area (Å²) in [6, 6.07) is 0.443. The minimum Gasteiger partial charge on any atom is -0.444 e. The average Bonchev–Trinajstić information content (AvgIpc) is 2.69. The van der Waals surface area contributed by atoms with E-state index in [1.165, 1.54) is 5.56 Å². The van der Waals surface area contributed by atoms with Gasteiger partial charge in [0.1, 0.15) is 11.4 Å². The summed E-state index contributed by atoms with van der Waals surface area (Å²) >= 11 is 0. The van der Waals surface area contributed by atoms with Gasteiger partial charge < -0.3 is 19.5 Å². The van der Waals surface area contributed by atoms with Gasteiger partial charge in [-0.3, -0.25) is 0 Å². The number of hydrogen-bond acceptors (Lipinski definition) is 5. The summed E-state index contributed by atoms with van der Waals surface area (Å²) in [6.45, 7) is 12.1. The molecule has 24 heavy (non-hydrogen) atoms. The second-order valence-electron chi connectivity index (χ2n) is 7.60. The van der Waals surface area contributed by atoms with Gasteiger partial charge in [0, 0.05) is 24.7 Å². The first-order valence-corrected chi connectivity index (χ1v) is 8.89. The first-order valence-electron chi connectivity index (χ1n) is 8.89. The fourth-order valence-electron chi connectivity index (χ4n) is 3.07. The number of aromatic nitrogens is 1. The first-order chi connectivity index (χ1) is 11.3. The summed E-state index contributed by atoms with van der Waals surface area (Å²) in [5.41, 5.74) is 1.74. The van der Waals surface area contributed by atoms with Crippen LogP contribution in [0.2, 0.25) is 0 Å². The number of rotatable bonds is 4. The Labute approximate surface area is 144 Å². The molecular formula is C18H31N3O3. The number of ether oxygens (including phenoxy) is 1. The molecule has 1 aliphatic heterocycles. The molecule has 1 atom stereocenters. The highest BCUT2D eigenvalue weighted by Gasteiger charge is 2.25. The van der Waals surface area contributed by atoms with E-state index < -0.39 is 5.60 Å². The number of carbonyl (C=O) groups excluding carboxylic acids is 1. The molecule has 1 aliphatic rings.